The summed E-state index contributed by atoms with van der Waals surface area (Å²) in [4.78, 5) is 13.6. The van der Waals surface area contributed by atoms with Crippen molar-refractivity contribution in [3.63, 3.8) is 0 Å². The van der Waals surface area contributed by atoms with Crippen LogP contribution in [0.25, 0.3) is 0 Å². The van der Waals surface area contributed by atoms with Crippen LogP contribution in [0.15, 0.2) is 84.9 Å². The minimum absolute atomic E-state index is 0.0642. The topological polar surface area (TPSA) is 81.0 Å². The summed E-state index contributed by atoms with van der Waals surface area (Å²) >= 11 is 0. The van der Waals surface area contributed by atoms with Gasteiger partial charge >= 0.3 is 5.97 Å². The highest BCUT2D eigenvalue weighted by Crippen LogP contribution is 2.42. The van der Waals surface area contributed by atoms with E-state index in [9.17, 15) is 20.1 Å². The van der Waals surface area contributed by atoms with E-state index in [1.807, 2.05) is 84.9 Å². The van der Waals surface area contributed by atoms with Crippen LogP contribution in [0.4, 0.5) is 0 Å². The molecule has 0 bridgehead atoms. The van der Waals surface area contributed by atoms with E-state index in [1.165, 1.54) is 0 Å². The smallest absolute Gasteiger partial charge is 0.313 e. The second kappa shape index (κ2) is 11.6. The van der Waals surface area contributed by atoms with Crippen LogP contribution in [0.5, 0.6) is 0 Å². The Labute approximate surface area is 220 Å². The maximum absolute atomic E-state index is 12.1. The number of benzene rings is 3. The molecule has 3 N–H and O–H groups in total. The van der Waals surface area contributed by atoms with Crippen LogP contribution < -0.4 is 0 Å². The fraction of sp³-hybridized carbons (Fsp3) is 0.406. The number of hydrogen-bond acceptors (Lipinski definition) is 4. The summed E-state index contributed by atoms with van der Waals surface area (Å²) in [6.45, 7) is 4.91. The molecule has 3 aromatic rings. The second-order valence-electron chi connectivity index (χ2n) is 10.8. The first-order valence-electron chi connectivity index (χ1n) is 13.3. The Bertz CT molecular complexity index is 1100. The number of piperidine rings is 1. The van der Waals surface area contributed by atoms with Crippen LogP contribution >= 0.6 is 0 Å². The zero-order valence-electron chi connectivity index (χ0n) is 21.9. The molecule has 4 rings (SSSR count). The molecule has 0 spiro atoms. The number of likely N-dealkylation sites (tertiary alicyclic amines) is 1. The summed E-state index contributed by atoms with van der Waals surface area (Å²) in [7, 11) is 0. The quantitative estimate of drug-likeness (QED) is 0.350. The summed E-state index contributed by atoms with van der Waals surface area (Å²) in [6, 6.07) is 27.6. The van der Waals surface area contributed by atoms with Crippen molar-refractivity contribution in [2.24, 2.45) is 5.92 Å². The van der Waals surface area contributed by atoms with Crippen molar-refractivity contribution in [3.05, 3.63) is 107 Å². The molecule has 0 aliphatic carbocycles. The predicted octanol–water partition coefficient (Wildman–Crippen LogP) is 5.34. The molecule has 1 unspecified atom stereocenters. The molecule has 0 amide bonds. The molecule has 5 nitrogen and oxygen atoms in total. The molecule has 1 saturated heterocycles. The van der Waals surface area contributed by atoms with Crippen LogP contribution in [-0.4, -0.2) is 45.5 Å². The molecule has 1 heterocycles. The van der Waals surface area contributed by atoms with E-state index >= 15 is 0 Å². The Kier molecular flexibility index (Phi) is 8.48. The number of aliphatic hydroxyl groups is 2. The van der Waals surface area contributed by atoms with Gasteiger partial charge in [0.05, 0.1) is 5.41 Å². The van der Waals surface area contributed by atoms with Crippen LogP contribution in [0.3, 0.4) is 0 Å². The second-order valence-corrected chi connectivity index (χ2v) is 10.8. The minimum Gasteiger partial charge on any atom is -0.481 e. The van der Waals surface area contributed by atoms with Crippen LogP contribution in [0.2, 0.25) is 0 Å². The van der Waals surface area contributed by atoms with Gasteiger partial charge in [-0.1, -0.05) is 84.9 Å². The summed E-state index contributed by atoms with van der Waals surface area (Å²) < 4.78 is 0. The Balaban J connectivity index is 1.32. The first kappa shape index (κ1) is 27.1. The van der Waals surface area contributed by atoms with E-state index in [1.54, 1.807) is 13.8 Å². The van der Waals surface area contributed by atoms with Crippen molar-refractivity contribution >= 4 is 5.97 Å². The molecule has 1 aliphatic rings. The lowest BCUT2D eigenvalue weighted by Crippen LogP contribution is -2.47. The van der Waals surface area contributed by atoms with Crippen molar-refractivity contribution in [3.8, 4) is 0 Å². The van der Waals surface area contributed by atoms with E-state index in [2.05, 4.69) is 4.90 Å². The molecule has 37 heavy (non-hydrogen) atoms. The number of hydrogen-bond donors (Lipinski definition) is 3. The third kappa shape index (κ3) is 5.96. The average molecular weight is 502 g/mol. The number of aliphatic hydroxyl groups excluding tert-OH is 1. The van der Waals surface area contributed by atoms with Gasteiger partial charge in [-0.2, -0.15) is 0 Å². The van der Waals surface area contributed by atoms with Gasteiger partial charge in [0.15, 0.2) is 0 Å². The Morgan fingerprint density at radius 1 is 0.865 bits per heavy atom. The monoisotopic (exact) mass is 501 g/mol. The Morgan fingerprint density at radius 2 is 1.38 bits per heavy atom. The normalized spacial score (nSPS) is 16.4. The largest absolute Gasteiger partial charge is 0.481 e. The number of rotatable bonds is 10. The van der Waals surface area contributed by atoms with Gasteiger partial charge in [-0.05, 0) is 74.1 Å². The molecular formula is C32H39NO4. The number of carbonyl (C=O) groups is 1. The first-order valence-corrected chi connectivity index (χ1v) is 13.3. The highest BCUT2D eigenvalue weighted by atomic mass is 16.4. The van der Waals surface area contributed by atoms with Gasteiger partial charge < -0.3 is 15.3 Å². The Morgan fingerprint density at radius 3 is 1.86 bits per heavy atom. The molecule has 196 valence electrons. The van der Waals surface area contributed by atoms with Gasteiger partial charge in [-0.3, -0.25) is 9.69 Å². The molecule has 0 saturated carbocycles. The molecule has 0 aromatic heterocycles. The lowest BCUT2D eigenvalue weighted by atomic mass is 9.72. The van der Waals surface area contributed by atoms with Gasteiger partial charge in [0.25, 0.3) is 0 Å². The van der Waals surface area contributed by atoms with Gasteiger partial charge in [0, 0.05) is 13.1 Å². The SMILES string of the molecule is CC(C)(C(=O)O)c1ccc(CCCC(O)N2CCC(C(O)(c3ccccc3)c3ccccc3)CC2)cc1. The third-order valence-corrected chi connectivity index (χ3v) is 8.11. The van der Waals surface area contributed by atoms with Crippen LogP contribution in [0, 0.1) is 5.92 Å². The standard InChI is InChI=1S/C32H39NO4/c1-31(2,30(35)36)25-18-16-24(17-19-25)10-9-15-29(34)33-22-20-28(21-23-33)32(37,26-11-5-3-6-12-26)27-13-7-4-8-14-27/h3-8,11-14,16-19,28-29,34,37H,9-10,15,20-23H2,1-2H3,(H,35,36). The van der Waals surface area contributed by atoms with Gasteiger partial charge in [-0.25, -0.2) is 0 Å². The van der Waals surface area contributed by atoms with Gasteiger partial charge in [0.1, 0.15) is 11.8 Å². The number of carboxylic acids is 1. The lowest BCUT2D eigenvalue weighted by molar-refractivity contribution is -0.142. The number of aryl methyl sites for hydroxylation is 1. The van der Waals surface area contributed by atoms with E-state index in [4.69, 9.17) is 0 Å². The van der Waals surface area contributed by atoms with Gasteiger partial charge in [0.2, 0.25) is 0 Å². The Hall–Kier alpha value is -2.99. The highest BCUT2D eigenvalue weighted by molar-refractivity contribution is 5.80. The molecule has 1 fully saturated rings. The summed E-state index contributed by atoms with van der Waals surface area (Å²) in [6.07, 6.45) is 3.46. The van der Waals surface area contributed by atoms with Gasteiger partial charge in [-0.15, -0.1) is 0 Å². The first-order chi connectivity index (χ1) is 17.7. The zero-order valence-corrected chi connectivity index (χ0v) is 21.9. The molecule has 1 atom stereocenters. The fourth-order valence-corrected chi connectivity index (χ4v) is 5.52. The average Bonchev–Trinajstić information content (AvgIpc) is 2.94. The van der Waals surface area contributed by atoms with Crippen LogP contribution in [-0.2, 0) is 22.2 Å². The molecule has 1 aliphatic heterocycles. The van der Waals surface area contributed by atoms with Crippen molar-refractivity contribution in [1.29, 1.82) is 0 Å². The van der Waals surface area contributed by atoms with E-state index in [-0.39, 0.29) is 5.92 Å². The minimum atomic E-state index is -1.05. The predicted molar refractivity (Wildman–Crippen MR) is 146 cm³/mol. The summed E-state index contributed by atoms with van der Waals surface area (Å²) in [5.74, 6) is -0.771. The van der Waals surface area contributed by atoms with Crippen molar-refractivity contribution in [2.75, 3.05) is 13.1 Å². The van der Waals surface area contributed by atoms with Crippen molar-refractivity contribution in [2.45, 2.75) is 63.2 Å². The van der Waals surface area contributed by atoms with Crippen LogP contribution in [0.1, 0.15) is 61.8 Å². The van der Waals surface area contributed by atoms with Crippen molar-refractivity contribution in [1.82, 2.24) is 4.90 Å². The molecular weight excluding hydrogens is 462 g/mol. The zero-order chi connectivity index (χ0) is 26.5. The number of aliphatic carboxylic acids is 1. The fourth-order valence-electron chi connectivity index (χ4n) is 5.52. The third-order valence-electron chi connectivity index (χ3n) is 8.11. The van der Waals surface area contributed by atoms with E-state index < -0.39 is 23.2 Å². The molecule has 5 heteroatoms. The summed E-state index contributed by atoms with van der Waals surface area (Å²) in [5.41, 5.74) is 1.80. The number of nitrogens with zero attached hydrogens (tertiary/aromatic N) is 1. The van der Waals surface area contributed by atoms with Crippen molar-refractivity contribution < 1.29 is 20.1 Å². The maximum atomic E-state index is 12.1. The molecule has 3 aromatic carbocycles. The summed E-state index contributed by atoms with van der Waals surface area (Å²) in [5, 5.41) is 32.4. The number of carboxylic acid groups (broad SMARTS) is 1. The lowest BCUT2D eigenvalue weighted by Gasteiger charge is -2.43. The van der Waals surface area contributed by atoms with E-state index in [0.717, 1.165) is 61.0 Å². The highest BCUT2D eigenvalue weighted by Gasteiger charge is 2.42. The molecule has 0 radical (unpaired) electrons. The maximum Gasteiger partial charge on any atom is 0.313 e. The van der Waals surface area contributed by atoms with E-state index in [0.29, 0.717) is 6.42 Å².